The molecule has 8 rings (SSSR count). The van der Waals surface area contributed by atoms with Gasteiger partial charge in [-0.15, -0.1) is 5.10 Å². The van der Waals surface area contributed by atoms with Crippen molar-refractivity contribution >= 4 is 28.3 Å². The van der Waals surface area contributed by atoms with Crippen molar-refractivity contribution in [3.05, 3.63) is 88.7 Å². The van der Waals surface area contributed by atoms with Gasteiger partial charge in [0.15, 0.2) is 5.82 Å². The van der Waals surface area contributed by atoms with Crippen molar-refractivity contribution in [3.8, 4) is 11.1 Å². The molecule has 2 amide bonds. The predicted octanol–water partition coefficient (Wildman–Crippen LogP) is 5.22. The Morgan fingerprint density at radius 2 is 1.94 bits per heavy atom. The maximum Gasteiger partial charge on any atom is 0.270 e. The van der Waals surface area contributed by atoms with Crippen molar-refractivity contribution < 1.29 is 14.0 Å². The number of aryl methyl sites for hydroxylation is 3. The van der Waals surface area contributed by atoms with Crippen molar-refractivity contribution in [1.82, 2.24) is 44.5 Å². The number of fused-ring (bicyclic) bond motifs is 2. The first-order chi connectivity index (χ1) is 22.9. The second-order valence-electron chi connectivity index (χ2n) is 12.7. The summed E-state index contributed by atoms with van der Waals surface area (Å²) in [6.45, 7) is 6.96. The van der Waals surface area contributed by atoms with Gasteiger partial charge in [0.2, 0.25) is 5.91 Å². The molecule has 0 saturated heterocycles. The molecule has 1 saturated carbocycles. The lowest BCUT2D eigenvalue weighted by molar-refractivity contribution is -0.131. The molecule has 1 N–H and O–H groups in total. The number of nitrogens with one attached hydrogen (secondary N) is 1. The van der Waals surface area contributed by atoms with Crippen LogP contribution in [0.25, 0.3) is 27.6 Å². The molecule has 11 nitrogen and oxygen atoms in total. The molecule has 0 radical (unpaired) electrons. The molecule has 240 valence electrons. The highest BCUT2D eigenvalue weighted by Gasteiger charge is 2.31. The van der Waals surface area contributed by atoms with Gasteiger partial charge in [0.1, 0.15) is 5.69 Å². The fourth-order valence-electron chi connectivity index (χ4n) is 6.97. The summed E-state index contributed by atoms with van der Waals surface area (Å²) < 4.78 is 20.2. The van der Waals surface area contributed by atoms with Crippen LogP contribution in [0.4, 0.5) is 4.39 Å². The third-order valence-electron chi connectivity index (χ3n) is 9.68. The number of hydrogen-bond acceptors (Lipinski definition) is 6. The van der Waals surface area contributed by atoms with Crippen LogP contribution in [0.5, 0.6) is 0 Å². The number of halogens is 1. The van der Waals surface area contributed by atoms with Gasteiger partial charge in [-0.1, -0.05) is 17.4 Å². The van der Waals surface area contributed by atoms with Crippen LogP contribution in [0.15, 0.2) is 48.9 Å². The van der Waals surface area contributed by atoms with Gasteiger partial charge in [0.05, 0.1) is 36.7 Å². The predicted molar refractivity (Wildman–Crippen MR) is 173 cm³/mol. The van der Waals surface area contributed by atoms with Crippen molar-refractivity contribution in [2.45, 2.75) is 71.6 Å². The summed E-state index contributed by atoms with van der Waals surface area (Å²) in [5.74, 6) is -0.133. The fourth-order valence-corrected chi connectivity index (χ4v) is 6.97. The number of pyridine rings is 1. The number of hydrogen-bond donors (Lipinski definition) is 1. The number of benzene rings is 1. The van der Waals surface area contributed by atoms with E-state index in [-0.39, 0.29) is 23.8 Å². The Labute approximate surface area is 271 Å². The third kappa shape index (κ3) is 5.31. The van der Waals surface area contributed by atoms with E-state index >= 15 is 4.39 Å². The van der Waals surface area contributed by atoms with Gasteiger partial charge in [0, 0.05) is 78.2 Å². The van der Waals surface area contributed by atoms with Crippen LogP contribution in [0, 0.1) is 12.7 Å². The molecule has 47 heavy (non-hydrogen) atoms. The summed E-state index contributed by atoms with van der Waals surface area (Å²) in [7, 11) is 0. The summed E-state index contributed by atoms with van der Waals surface area (Å²) >= 11 is 0. The van der Waals surface area contributed by atoms with Crippen molar-refractivity contribution in [1.29, 1.82) is 0 Å². The second kappa shape index (κ2) is 11.6. The van der Waals surface area contributed by atoms with Gasteiger partial charge in [-0.25, -0.2) is 4.39 Å². The first kappa shape index (κ1) is 29.3. The van der Waals surface area contributed by atoms with E-state index in [2.05, 4.69) is 32.5 Å². The van der Waals surface area contributed by atoms with Crippen molar-refractivity contribution in [2.24, 2.45) is 0 Å². The summed E-state index contributed by atoms with van der Waals surface area (Å²) in [6.07, 6.45) is 10.4. The molecule has 2 aliphatic heterocycles. The van der Waals surface area contributed by atoms with Gasteiger partial charge in [-0.05, 0) is 62.4 Å². The average molecular weight is 634 g/mol. The van der Waals surface area contributed by atoms with Crippen LogP contribution in [-0.4, -0.2) is 69.4 Å². The maximum absolute atomic E-state index is 16.7. The Morgan fingerprint density at radius 3 is 2.70 bits per heavy atom. The zero-order valence-corrected chi connectivity index (χ0v) is 26.5. The lowest BCUT2D eigenvalue weighted by atomic mass is 9.92. The van der Waals surface area contributed by atoms with Crippen LogP contribution < -0.4 is 0 Å². The van der Waals surface area contributed by atoms with E-state index in [1.807, 2.05) is 36.9 Å². The van der Waals surface area contributed by atoms with Crippen LogP contribution in [-0.2, 0) is 31.0 Å². The molecule has 6 heterocycles. The molecule has 1 aromatic carbocycles. The number of nitrogens with zero attached hydrogens (tertiary/aromatic N) is 8. The highest BCUT2D eigenvalue weighted by Crippen LogP contribution is 2.42. The van der Waals surface area contributed by atoms with E-state index in [4.69, 9.17) is 4.98 Å². The van der Waals surface area contributed by atoms with E-state index in [0.29, 0.717) is 61.7 Å². The van der Waals surface area contributed by atoms with Gasteiger partial charge in [-0.3, -0.25) is 23.9 Å². The Morgan fingerprint density at radius 1 is 1.06 bits per heavy atom. The SMILES string of the molecule is CCn1ncc2c1CN(C(=O)c1cc3c(-c4ccc(C5CC5)nc4C)cc(C4=CCCN(C(=O)CCn5ccnn5)C4)c(F)c3[nH]1)C2. The van der Waals surface area contributed by atoms with E-state index in [9.17, 15) is 9.59 Å². The molecular weight excluding hydrogens is 597 g/mol. The average Bonchev–Trinajstić information content (AvgIpc) is 3.44. The van der Waals surface area contributed by atoms with Crippen LogP contribution in [0.1, 0.15) is 77.2 Å². The first-order valence-corrected chi connectivity index (χ1v) is 16.3. The topological polar surface area (TPSA) is 118 Å². The summed E-state index contributed by atoms with van der Waals surface area (Å²) in [5.41, 5.74) is 7.50. The van der Waals surface area contributed by atoms with Crippen LogP contribution >= 0.6 is 0 Å². The molecule has 0 spiro atoms. The number of aromatic nitrogens is 7. The summed E-state index contributed by atoms with van der Waals surface area (Å²) in [5, 5.41) is 12.8. The summed E-state index contributed by atoms with van der Waals surface area (Å²) in [4.78, 5) is 38.7. The molecule has 5 aromatic rings. The quantitative estimate of drug-likeness (QED) is 0.250. The minimum Gasteiger partial charge on any atom is -0.348 e. The number of H-pyrrole nitrogens is 1. The Hall–Kier alpha value is -5.13. The smallest absolute Gasteiger partial charge is 0.270 e. The molecule has 4 aromatic heterocycles. The van der Waals surface area contributed by atoms with E-state index in [1.54, 1.807) is 32.9 Å². The number of rotatable bonds is 8. The molecule has 1 fully saturated rings. The lowest BCUT2D eigenvalue weighted by Gasteiger charge is -2.28. The van der Waals surface area contributed by atoms with Crippen LogP contribution in [0.2, 0.25) is 0 Å². The van der Waals surface area contributed by atoms with E-state index < -0.39 is 5.82 Å². The molecular formula is C35H36FN9O2. The Bertz CT molecular complexity index is 2050. The number of aromatic amines is 1. The van der Waals surface area contributed by atoms with E-state index in [0.717, 1.165) is 58.7 Å². The number of carbonyl (C=O) groups excluding carboxylic acids is 2. The normalized spacial score (nSPS) is 16.2. The molecule has 0 unspecified atom stereocenters. The number of carbonyl (C=O) groups is 2. The largest absolute Gasteiger partial charge is 0.348 e. The first-order valence-electron chi connectivity index (χ1n) is 16.3. The molecule has 0 atom stereocenters. The van der Waals surface area contributed by atoms with Gasteiger partial charge in [0.25, 0.3) is 5.91 Å². The highest BCUT2D eigenvalue weighted by atomic mass is 19.1. The molecule has 3 aliphatic rings. The third-order valence-corrected chi connectivity index (χ3v) is 9.68. The van der Waals surface area contributed by atoms with Gasteiger partial charge in [-0.2, -0.15) is 5.10 Å². The van der Waals surface area contributed by atoms with Crippen LogP contribution in [0.3, 0.4) is 0 Å². The Balaban J connectivity index is 1.16. The Kier molecular flexibility index (Phi) is 7.22. The van der Waals surface area contributed by atoms with Gasteiger partial charge < -0.3 is 14.8 Å². The second-order valence-corrected chi connectivity index (χ2v) is 12.7. The minimum atomic E-state index is -0.433. The highest BCUT2D eigenvalue weighted by molar-refractivity contribution is 6.05. The minimum absolute atomic E-state index is 0.0194. The number of amides is 2. The monoisotopic (exact) mass is 633 g/mol. The van der Waals surface area contributed by atoms with E-state index in [1.165, 1.54) is 0 Å². The molecule has 12 heteroatoms. The zero-order chi connectivity index (χ0) is 32.2. The van der Waals surface area contributed by atoms with Crippen molar-refractivity contribution in [2.75, 3.05) is 13.1 Å². The lowest BCUT2D eigenvalue weighted by Crippen LogP contribution is -2.36. The summed E-state index contributed by atoms with van der Waals surface area (Å²) in [6, 6.07) is 7.79. The molecule has 1 aliphatic carbocycles. The fraction of sp³-hybridized carbons (Fsp3) is 0.371. The van der Waals surface area contributed by atoms with Gasteiger partial charge >= 0.3 is 0 Å². The standard InChI is InChI=1S/C35H36FN9O2/c1-3-45-31-20-43(19-24(31)17-38-45)35(47)30-16-28-27(25-8-9-29(22-6-7-22)39-21(25)2)15-26(33(36)34(28)40-30)23-5-4-12-42(18-23)32(46)10-13-44-14-11-37-41-44/h5,8-9,11,14-17,22,40H,3-4,6-7,10,12-13,18-20H2,1-2H3. The van der Waals surface area contributed by atoms with Crippen molar-refractivity contribution in [3.63, 3.8) is 0 Å². The molecule has 0 bridgehead atoms. The maximum atomic E-state index is 16.7. The zero-order valence-electron chi connectivity index (χ0n) is 26.5.